The zero-order valence-electron chi connectivity index (χ0n) is 11.1. The second-order valence-electron chi connectivity index (χ2n) is 5.12. The number of benzene rings is 1. The topological polar surface area (TPSA) is 35.2 Å². The van der Waals surface area contributed by atoms with E-state index in [-0.39, 0.29) is 11.6 Å². The van der Waals surface area contributed by atoms with Crippen molar-refractivity contribution >= 4 is 15.9 Å². The van der Waals surface area contributed by atoms with E-state index in [0.717, 1.165) is 17.3 Å². The molecule has 0 spiro atoms. The Balaban J connectivity index is 2.64. The molecule has 1 unspecified atom stereocenters. The van der Waals surface area contributed by atoms with Crippen LogP contribution in [0.25, 0.3) is 0 Å². The van der Waals surface area contributed by atoms with Crippen LogP contribution in [0.3, 0.4) is 0 Å². The Morgan fingerprint density at radius 1 is 1.41 bits per heavy atom. The van der Waals surface area contributed by atoms with Crippen LogP contribution in [0.2, 0.25) is 0 Å². The first-order chi connectivity index (χ1) is 7.85. The van der Waals surface area contributed by atoms with Crippen LogP contribution in [0.1, 0.15) is 43.9 Å². The van der Waals surface area contributed by atoms with Gasteiger partial charge in [0.1, 0.15) is 0 Å². The van der Waals surface area contributed by atoms with E-state index in [4.69, 9.17) is 10.5 Å². The van der Waals surface area contributed by atoms with E-state index in [0.29, 0.717) is 0 Å². The number of methoxy groups -OCH3 is 1. The first-order valence-corrected chi connectivity index (χ1v) is 6.72. The summed E-state index contributed by atoms with van der Waals surface area (Å²) in [6.07, 6.45) is 1.89. The van der Waals surface area contributed by atoms with E-state index in [1.807, 2.05) is 0 Å². The summed E-state index contributed by atoms with van der Waals surface area (Å²) in [5.74, 6) is 0. The molecular weight excluding hydrogens is 278 g/mol. The lowest BCUT2D eigenvalue weighted by Gasteiger charge is -2.24. The molecule has 0 radical (unpaired) electrons. The Morgan fingerprint density at radius 2 is 2.06 bits per heavy atom. The fourth-order valence-corrected chi connectivity index (χ4v) is 1.92. The molecular formula is C14H22BrNO. The van der Waals surface area contributed by atoms with E-state index < -0.39 is 0 Å². The summed E-state index contributed by atoms with van der Waals surface area (Å²) in [5, 5.41) is 0. The number of halogens is 1. The highest BCUT2D eigenvalue weighted by molar-refractivity contribution is 9.10. The number of hydrogen-bond acceptors (Lipinski definition) is 2. The summed E-state index contributed by atoms with van der Waals surface area (Å²) in [5.41, 5.74) is 8.53. The molecule has 0 aliphatic rings. The Labute approximate surface area is 113 Å². The monoisotopic (exact) mass is 299 g/mol. The minimum absolute atomic E-state index is 0.0798. The van der Waals surface area contributed by atoms with Gasteiger partial charge in [0.2, 0.25) is 0 Å². The zero-order valence-corrected chi connectivity index (χ0v) is 12.7. The number of nitrogens with two attached hydrogens (primary N) is 1. The molecule has 0 saturated heterocycles. The van der Waals surface area contributed by atoms with Crippen LogP contribution in [0, 0.1) is 6.92 Å². The maximum Gasteiger partial charge on any atom is 0.0623 e. The molecule has 0 bridgehead atoms. The van der Waals surface area contributed by atoms with Crippen LogP contribution in [0.15, 0.2) is 22.7 Å². The molecule has 2 N–H and O–H groups in total. The maximum absolute atomic E-state index is 6.20. The van der Waals surface area contributed by atoms with Crippen LogP contribution in [0.4, 0.5) is 0 Å². The van der Waals surface area contributed by atoms with Crippen molar-refractivity contribution in [1.82, 2.24) is 0 Å². The van der Waals surface area contributed by atoms with Gasteiger partial charge in [-0.2, -0.15) is 0 Å². The quantitative estimate of drug-likeness (QED) is 0.893. The zero-order chi connectivity index (χ0) is 13.1. The smallest absolute Gasteiger partial charge is 0.0623 e. The molecule has 0 aliphatic carbocycles. The normalized spacial score (nSPS) is 13.8. The van der Waals surface area contributed by atoms with E-state index >= 15 is 0 Å². The molecule has 17 heavy (non-hydrogen) atoms. The summed E-state index contributed by atoms with van der Waals surface area (Å²) in [7, 11) is 1.75. The lowest BCUT2D eigenvalue weighted by molar-refractivity contribution is 0.0125. The standard InChI is InChI=1S/C14H22BrNO/c1-10-9-11(5-6-12(10)15)13(16)7-8-14(2,3)17-4/h5-6,9,13H,7-8,16H2,1-4H3. The van der Waals surface area contributed by atoms with E-state index in [1.54, 1.807) is 7.11 Å². The first kappa shape index (κ1) is 14.7. The molecule has 0 amide bonds. The van der Waals surface area contributed by atoms with Gasteiger partial charge in [-0.05, 0) is 50.8 Å². The third kappa shape index (κ3) is 4.41. The van der Waals surface area contributed by atoms with Crippen molar-refractivity contribution in [3.8, 4) is 0 Å². The van der Waals surface area contributed by atoms with Gasteiger partial charge in [0.05, 0.1) is 5.60 Å². The predicted molar refractivity (Wildman–Crippen MR) is 76.1 cm³/mol. The van der Waals surface area contributed by atoms with Crippen LogP contribution in [-0.2, 0) is 4.74 Å². The molecule has 3 heteroatoms. The minimum Gasteiger partial charge on any atom is -0.379 e. The van der Waals surface area contributed by atoms with Gasteiger partial charge in [-0.25, -0.2) is 0 Å². The van der Waals surface area contributed by atoms with Crippen molar-refractivity contribution in [3.05, 3.63) is 33.8 Å². The third-order valence-electron chi connectivity index (χ3n) is 3.22. The Hall–Kier alpha value is -0.380. The Morgan fingerprint density at radius 3 is 2.59 bits per heavy atom. The number of aryl methyl sites for hydroxylation is 1. The van der Waals surface area contributed by atoms with Gasteiger partial charge in [0.25, 0.3) is 0 Å². The molecule has 0 fully saturated rings. The average Bonchev–Trinajstić information content (AvgIpc) is 2.30. The Kier molecular flexibility index (Phi) is 5.17. The second kappa shape index (κ2) is 5.98. The predicted octanol–water partition coefficient (Wildman–Crippen LogP) is 3.96. The molecule has 1 aromatic carbocycles. The van der Waals surface area contributed by atoms with Crippen LogP contribution < -0.4 is 5.73 Å². The molecule has 96 valence electrons. The largest absolute Gasteiger partial charge is 0.379 e. The number of ether oxygens (including phenoxy) is 1. The van der Waals surface area contributed by atoms with E-state index in [2.05, 4.69) is 54.9 Å². The van der Waals surface area contributed by atoms with Gasteiger partial charge in [0, 0.05) is 17.6 Å². The van der Waals surface area contributed by atoms with E-state index in [1.165, 1.54) is 11.1 Å². The van der Waals surface area contributed by atoms with Crippen molar-refractivity contribution in [2.24, 2.45) is 5.73 Å². The van der Waals surface area contributed by atoms with Crippen molar-refractivity contribution < 1.29 is 4.74 Å². The molecule has 0 aliphatic heterocycles. The Bertz CT molecular complexity index is 376. The van der Waals surface area contributed by atoms with Gasteiger partial charge in [-0.3, -0.25) is 0 Å². The fourth-order valence-electron chi connectivity index (χ4n) is 1.67. The van der Waals surface area contributed by atoms with Gasteiger partial charge >= 0.3 is 0 Å². The summed E-state index contributed by atoms with van der Waals surface area (Å²) in [4.78, 5) is 0. The molecule has 1 aromatic rings. The molecule has 1 atom stereocenters. The molecule has 1 rings (SSSR count). The van der Waals surface area contributed by atoms with Crippen LogP contribution >= 0.6 is 15.9 Å². The summed E-state index contributed by atoms with van der Waals surface area (Å²) < 4.78 is 6.53. The lowest BCUT2D eigenvalue weighted by Crippen LogP contribution is -2.24. The van der Waals surface area contributed by atoms with Crippen molar-refractivity contribution in [2.75, 3.05) is 7.11 Å². The van der Waals surface area contributed by atoms with Crippen molar-refractivity contribution in [2.45, 2.75) is 45.3 Å². The van der Waals surface area contributed by atoms with Crippen LogP contribution in [-0.4, -0.2) is 12.7 Å². The number of rotatable bonds is 5. The van der Waals surface area contributed by atoms with E-state index in [9.17, 15) is 0 Å². The average molecular weight is 300 g/mol. The summed E-state index contributed by atoms with van der Waals surface area (Å²) in [6.45, 7) is 6.26. The minimum atomic E-state index is -0.0952. The van der Waals surface area contributed by atoms with Crippen LogP contribution in [0.5, 0.6) is 0 Å². The van der Waals surface area contributed by atoms with Gasteiger partial charge in [-0.1, -0.05) is 28.1 Å². The van der Waals surface area contributed by atoms with Gasteiger partial charge in [-0.15, -0.1) is 0 Å². The molecule has 2 nitrogen and oxygen atoms in total. The van der Waals surface area contributed by atoms with Gasteiger partial charge < -0.3 is 10.5 Å². The maximum atomic E-state index is 6.20. The summed E-state index contributed by atoms with van der Waals surface area (Å²) >= 11 is 3.50. The lowest BCUT2D eigenvalue weighted by atomic mass is 9.95. The van der Waals surface area contributed by atoms with Crippen molar-refractivity contribution in [3.63, 3.8) is 0 Å². The highest BCUT2D eigenvalue weighted by Crippen LogP contribution is 2.25. The summed E-state index contributed by atoms with van der Waals surface area (Å²) in [6, 6.07) is 6.37. The van der Waals surface area contributed by atoms with Crippen molar-refractivity contribution in [1.29, 1.82) is 0 Å². The SMILES string of the molecule is COC(C)(C)CCC(N)c1ccc(Br)c(C)c1. The first-order valence-electron chi connectivity index (χ1n) is 5.92. The highest BCUT2D eigenvalue weighted by atomic mass is 79.9. The molecule has 0 saturated carbocycles. The third-order valence-corrected chi connectivity index (χ3v) is 4.11. The fraction of sp³-hybridized carbons (Fsp3) is 0.571. The number of hydrogen-bond donors (Lipinski definition) is 1. The second-order valence-corrected chi connectivity index (χ2v) is 5.97. The van der Waals surface area contributed by atoms with Gasteiger partial charge in [0.15, 0.2) is 0 Å². The molecule has 0 heterocycles. The molecule has 0 aromatic heterocycles. The highest BCUT2D eigenvalue weighted by Gasteiger charge is 2.18.